The number of carbonyl (C=O) groups excluding carboxylic acids is 2. The molecule has 3 aromatic rings. The summed E-state index contributed by atoms with van der Waals surface area (Å²) in [6.45, 7) is 7.20. The molecule has 2 saturated heterocycles. The highest BCUT2D eigenvalue weighted by molar-refractivity contribution is 6.41. The van der Waals surface area contributed by atoms with Crippen molar-refractivity contribution in [2.45, 2.75) is 25.4 Å². The summed E-state index contributed by atoms with van der Waals surface area (Å²) in [6.07, 6.45) is 3.36. The van der Waals surface area contributed by atoms with E-state index in [0.717, 1.165) is 10.8 Å². The SMILES string of the molecule is C=CC(=O)C[C@H]1CN(C(C)=O)C[C@H]1Nc1cc2c(NC3COC3)nc(-c3c(Cl)c(OC)cc(OC)c3Cl)cc2cn1. The Balaban J connectivity index is 1.55. The highest BCUT2D eigenvalue weighted by Gasteiger charge is 2.35. The Morgan fingerprint density at radius 2 is 1.83 bits per heavy atom. The lowest BCUT2D eigenvalue weighted by Crippen LogP contribution is -2.40. The fourth-order valence-corrected chi connectivity index (χ4v) is 5.81. The molecule has 2 fully saturated rings. The molecule has 0 bridgehead atoms. The fraction of sp³-hybridized carbons (Fsp3) is 0.379. The molecule has 2 atom stereocenters. The van der Waals surface area contributed by atoms with Crippen LogP contribution in [0, 0.1) is 5.92 Å². The summed E-state index contributed by atoms with van der Waals surface area (Å²) in [6, 6.07) is 5.33. The first-order valence-electron chi connectivity index (χ1n) is 13.1. The summed E-state index contributed by atoms with van der Waals surface area (Å²) in [5, 5.41) is 9.16. The number of hydrogen-bond acceptors (Lipinski definition) is 9. The monoisotopic (exact) mass is 599 g/mol. The quantitative estimate of drug-likeness (QED) is 0.316. The van der Waals surface area contributed by atoms with Gasteiger partial charge < -0.3 is 29.7 Å². The van der Waals surface area contributed by atoms with Crippen LogP contribution in [0.4, 0.5) is 11.6 Å². The second kappa shape index (κ2) is 12.1. The van der Waals surface area contributed by atoms with E-state index < -0.39 is 0 Å². The predicted molar refractivity (Wildman–Crippen MR) is 159 cm³/mol. The van der Waals surface area contributed by atoms with E-state index in [0.29, 0.717) is 77.2 Å². The molecular formula is C29H31Cl2N5O5. The van der Waals surface area contributed by atoms with Crippen LogP contribution in [0.2, 0.25) is 10.0 Å². The van der Waals surface area contributed by atoms with E-state index in [1.54, 1.807) is 17.2 Å². The van der Waals surface area contributed by atoms with Crippen LogP contribution < -0.4 is 20.1 Å². The van der Waals surface area contributed by atoms with Crippen LogP contribution in [-0.2, 0) is 14.3 Å². The van der Waals surface area contributed by atoms with Crippen molar-refractivity contribution >= 4 is 57.3 Å². The third-order valence-electron chi connectivity index (χ3n) is 7.43. The van der Waals surface area contributed by atoms with E-state index in [2.05, 4.69) is 22.2 Å². The zero-order valence-electron chi connectivity index (χ0n) is 23.0. The smallest absolute Gasteiger partial charge is 0.219 e. The average molecular weight is 601 g/mol. The van der Waals surface area contributed by atoms with Gasteiger partial charge in [0.1, 0.15) is 23.1 Å². The molecule has 5 rings (SSSR count). The number of allylic oxidation sites excluding steroid dienone is 1. The predicted octanol–water partition coefficient (Wildman–Crippen LogP) is 4.84. The fourth-order valence-electron chi connectivity index (χ4n) is 5.12. The number of likely N-dealkylation sites (tertiary alicyclic amines) is 1. The van der Waals surface area contributed by atoms with E-state index in [1.165, 1.54) is 27.2 Å². The normalized spacial score (nSPS) is 18.6. The molecule has 0 saturated carbocycles. The molecule has 1 aromatic carbocycles. The Morgan fingerprint density at radius 3 is 2.41 bits per heavy atom. The standard InChI is InChI=1S/C29H31Cl2N5O5/c1-5-19(38)6-17-11-36(15(2)37)12-22(17)34-25-8-20-16(10-32-25)7-21(35-29(20)33-18-13-41-14-18)26-27(30)23(39-3)9-24(40-4)28(26)31/h5,7-10,17-18,22H,1,6,11-14H2,2-4H3,(H,32,34)(H,33,35)/t17-,22+/m0/s1. The van der Waals surface area contributed by atoms with Crippen molar-refractivity contribution in [3.63, 3.8) is 0 Å². The number of ketones is 1. The molecule has 1 amide bonds. The van der Waals surface area contributed by atoms with Crippen molar-refractivity contribution in [3.8, 4) is 22.8 Å². The molecular weight excluding hydrogens is 569 g/mol. The molecule has 4 heterocycles. The molecule has 216 valence electrons. The lowest BCUT2D eigenvalue weighted by molar-refractivity contribution is -0.128. The Morgan fingerprint density at radius 1 is 1.12 bits per heavy atom. The van der Waals surface area contributed by atoms with Gasteiger partial charge in [0.25, 0.3) is 0 Å². The van der Waals surface area contributed by atoms with Crippen molar-refractivity contribution in [2.24, 2.45) is 5.92 Å². The number of benzene rings is 1. The van der Waals surface area contributed by atoms with Crippen molar-refractivity contribution in [1.82, 2.24) is 14.9 Å². The minimum absolute atomic E-state index is 0.0331. The van der Waals surface area contributed by atoms with Gasteiger partial charge in [0.05, 0.1) is 55.3 Å². The number of nitrogens with zero attached hydrogens (tertiary/aromatic N) is 3. The van der Waals surface area contributed by atoms with Gasteiger partial charge in [-0.15, -0.1) is 0 Å². The second-order valence-corrected chi connectivity index (χ2v) is 10.9. The first kappa shape index (κ1) is 28.9. The third-order valence-corrected chi connectivity index (χ3v) is 8.18. The summed E-state index contributed by atoms with van der Waals surface area (Å²) in [7, 11) is 3.04. The highest BCUT2D eigenvalue weighted by Crippen LogP contribution is 2.46. The minimum atomic E-state index is -0.154. The Labute approximate surface area is 248 Å². The van der Waals surface area contributed by atoms with Gasteiger partial charge in [0, 0.05) is 61.0 Å². The maximum atomic E-state index is 12.1. The van der Waals surface area contributed by atoms with Gasteiger partial charge >= 0.3 is 0 Å². The van der Waals surface area contributed by atoms with E-state index in [1.807, 2.05) is 12.1 Å². The minimum Gasteiger partial charge on any atom is -0.495 e. The Hall–Kier alpha value is -3.60. The molecule has 2 aromatic heterocycles. The van der Waals surface area contributed by atoms with Crippen LogP contribution in [0.25, 0.3) is 22.0 Å². The number of methoxy groups -OCH3 is 2. The van der Waals surface area contributed by atoms with Crippen LogP contribution in [0.15, 0.2) is 37.1 Å². The third kappa shape index (κ3) is 5.91. The van der Waals surface area contributed by atoms with Crippen molar-refractivity contribution in [2.75, 3.05) is 51.2 Å². The van der Waals surface area contributed by atoms with Crippen LogP contribution in [0.1, 0.15) is 13.3 Å². The number of anilines is 2. The van der Waals surface area contributed by atoms with Crippen LogP contribution in [0.3, 0.4) is 0 Å². The molecule has 41 heavy (non-hydrogen) atoms. The van der Waals surface area contributed by atoms with Crippen molar-refractivity contribution in [3.05, 3.63) is 47.1 Å². The summed E-state index contributed by atoms with van der Waals surface area (Å²) >= 11 is 13.4. The lowest BCUT2D eigenvalue weighted by Gasteiger charge is -2.28. The van der Waals surface area contributed by atoms with Crippen molar-refractivity contribution < 1.29 is 23.8 Å². The number of rotatable bonds is 10. The topological polar surface area (TPSA) is 115 Å². The molecule has 0 spiro atoms. The van der Waals surface area contributed by atoms with E-state index in [4.69, 9.17) is 42.4 Å². The number of amides is 1. The van der Waals surface area contributed by atoms with Gasteiger partial charge in [0.15, 0.2) is 5.78 Å². The molecule has 2 aliphatic heterocycles. The lowest BCUT2D eigenvalue weighted by atomic mass is 9.97. The van der Waals surface area contributed by atoms with Crippen molar-refractivity contribution in [1.29, 1.82) is 0 Å². The molecule has 0 radical (unpaired) electrons. The number of carbonyl (C=O) groups is 2. The maximum absolute atomic E-state index is 12.1. The van der Waals surface area contributed by atoms with Gasteiger partial charge in [-0.05, 0) is 18.2 Å². The van der Waals surface area contributed by atoms with Gasteiger partial charge in [-0.1, -0.05) is 29.8 Å². The molecule has 0 unspecified atom stereocenters. The number of hydrogen-bond donors (Lipinski definition) is 2. The van der Waals surface area contributed by atoms with Crippen LogP contribution in [-0.4, -0.2) is 79.2 Å². The van der Waals surface area contributed by atoms with E-state index in [-0.39, 0.29) is 29.7 Å². The van der Waals surface area contributed by atoms with Crippen LogP contribution in [0.5, 0.6) is 11.5 Å². The van der Waals surface area contributed by atoms with Gasteiger partial charge in [-0.2, -0.15) is 0 Å². The maximum Gasteiger partial charge on any atom is 0.219 e. The summed E-state index contributed by atoms with van der Waals surface area (Å²) in [5.41, 5.74) is 0.998. The molecule has 12 heteroatoms. The first-order valence-corrected chi connectivity index (χ1v) is 13.9. The molecule has 10 nitrogen and oxygen atoms in total. The summed E-state index contributed by atoms with van der Waals surface area (Å²) in [5.74, 6) is 1.87. The van der Waals surface area contributed by atoms with Gasteiger partial charge in [0.2, 0.25) is 5.91 Å². The molecule has 2 N–H and O–H groups in total. The first-order chi connectivity index (χ1) is 19.7. The van der Waals surface area contributed by atoms with Gasteiger partial charge in [-0.25, -0.2) is 9.97 Å². The largest absolute Gasteiger partial charge is 0.495 e. The number of fused-ring (bicyclic) bond motifs is 1. The Kier molecular flexibility index (Phi) is 8.53. The number of halogens is 2. The van der Waals surface area contributed by atoms with Crippen LogP contribution >= 0.6 is 23.2 Å². The highest BCUT2D eigenvalue weighted by atomic mass is 35.5. The number of nitrogens with one attached hydrogen (secondary N) is 2. The summed E-state index contributed by atoms with van der Waals surface area (Å²) in [4.78, 5) is 35.6. The Bertz CT molecular complexity index is 1480. The number of aromatic nitrogens is 2. The zero-order chi connectivity index (χ0) is 29.3. The number of pyridine rings is 2. The summed E-state index contributed by atoms with van der Waals surface area (Å²) < 4.78 is 16.3. The molecule has 0 aliphatic carbocycles. The van der Waals surface area contributed by atoms with E-state index in [9.17, 15) is 9.59 Å². The van der Waals surface area contributed by atoms with Gasteiger partial charge in [-0.3, -0.25) is 9.59 Å². The number of ether oxygens (including phenoxy) is 3. The second-order valence-electron chi connectivity index (χ2n) is 10.1. The average Bonchev–Trinajstić information content (AvgIpc) is 3.33. The zero-order valence-corrected chi connectivity index (χ0v) is 24.5. The van der Waals surface area contributed by atoms with E-state index >= 15 is 0 Å². The molecule has 2 aliphatic rings.